The zero-order valence-corrected chi connectivity index (χ0v) is 11.0. The summed E-state index contributed by atoms with van der Waals surface area (Å²) in [6, 6.07) is 0.841. The number of likely N-dealkylation sites (tertiary alicyclic amines) is 1. The van der Waals surface area contributed by atoms with E-state index in [2.05, 4.69) is 37.6 Å². The van der Waals surface area contributed by atoms with Gasteiger partial charge in [0.15, 0.2) is 0 Å². The van der Waals surface area contributed by atoms with Gasteiger partial charge in [-0.2, -0.15) is 0 Å². The first-order valence-electron chi connectivity index (χ1n) is 6.56. The highest BCUT2D eigenvalue weighted by atomic mass is 15.2. The smallest absolute Gasteiger partial charge is 0.0117 e. The lowest BCUT2D eigenvalue weighted by Gasteiger charge is -2.37. The van der Waals surface area contributed by atoms with Crippen LogP contribution in [0.4, 0.5) is 0 Å². The zero-order valence-electron chi connectivity index (χ0n) is 11.0. The van der Waals surface area contributed by atoms with Gasteiger partial charge < -0.3 is 9.80 Å². The van der Waals surface area contributed by atoms with Gasteiger partial charge in [0.25, 0.3) is 0 Å². The number of rotatable bonds is 5. The van der Waals surface area contributed by atoms with E-state index in [-0.39, 0.29) is 0 Å². The Morgan fingerprint density at radius 2 is 1.87 bits per heavy atom. The summed E-state index contributed by atoms with van der Waals surface area (Å²) < 4.78 is 0. The number of nitrogens with zero attached hydrogens (tertiary/aromatic N) is 2. The molecule has 1 aliphatic rings. The van der Waals surface area contributed by atoms with Gasteiger partial charge in [0.05, 0.1) is 0 Å². The SMILES string of the molecule is CCCN(C)C1CCN(CC(C)C)CC1. The molecule has 0 spiro atoms. The van der Waals surface area contributed by atoms with Crippen LogP contribution in [-0.4, -0.2) is 49.1 Å². The van der Waals surface area contributed by atoms with Crippen molar-refractivity contribution < 1.29 is 0 Å². The Morgan fingerprint density at radius 3 is 2.33 bits per heavy atom. The molecule has 2 nitrogen and oxygen atoms in total. The maximum absolute atomic E-state index is 2.63. The molecule has 1 saturated heterocycles. The van der Waals surface area contributed by atoms with Crippen LogP contribution in [0.15, 0.2) is 0 Å². The van der Waals surface area contributed by atoms with E-state index in [1.54, 1.807) is 0 Å². The van der Waals surface area contributed by atoms with Crippen LogP contribution >= 0.6 is 0 Å². The first-order valence-corrected chi connectivity index (χ1v) is 6.56. The van der Waals surface area contributed by atoms with Crippen molar-refractivity contribution in [2.75, 3.05) is 33.2 Å². The van der Waals surface area contributed by atoms with Gasteiger partial charge in [-0.05, 0) is 51.9 Å². The third-order valence-electron chi connectivity index (χ3n) is 3.38. The van der Waals surface area contributed by atoms with Crippen molar-refractivity contribution in [1.82, 2.24) is 9.80 Å². The van der Waals surface area contributed by atoms with Crippen LogP contribution in [0.5, 0.6) is 0 Å². The summed E-state index contributed by atoms with van der Waals surface area (Å²) >= 11 is 0. The van der Waals surface area contributed by atoms with Crippen LogP contribution in [0.2, 0.25) is 0 Å². The highest BCUT2D eigenvalue weighted by Gasteiger charge is 2.21. The van der Waals surface area contributed by atoms with Gasteiger partial charge in [0.2, 0.25) is 0 Å². The molecule has 1 fully saturated rings. The third kappa shape index (κ3) is 4.52. The Bertz CT molecular complexity index is 160. The molecule has 0 atom stereocenters. The van der Waals surface area contributed by atoms with Crippen LogP contribution in [-0.2, 0) is 0 Å². The monoisotopic (exact) mass is 212 g/mol. The van der Waals surface area contributed by atoms with Crippen LogP contribution in [0.1, 0.15) is 40.0 Å². The van der Waals surface area contributed by atoms with Gasteiger partial charge in [-0.15, -0.1) is 0 Å². The quantitative estimate of drug-likeness (QED) is 0.691. The predicted molar refractivity (Wildman–Crippen MR) is 67.2 cm³/mol. The molecule has 0 aliphatic carbocycles. The van der Waals surface area contributed by atoms with E-state index in [1.165, 1.54) is 45.4 Å². The highest BCUT2D eigenvalue weighted by molar-refractivity contribution is 4.78. The second-order valence-corrected chi connectivity index (χ2v) is 5.41. The van der Waals surface area contributed by atoms with Gasteiger partial charge in [0.1, 0.15) is 0 Å². The zero-order chi connectivity index (χ0) is 11.3. The van der Waals surface area contributed by atoms with E-state index in [4.69, 9.17) is 0 Å². The minimum Gasteiger partial charge on any atom is -0.303 e. The lowest BCUT2D eigenvalue weighted by molar-refractivity contribution is 0.120. The van der Waals surface area contributed by atoms with Crippen LogP contribution in [0.25, 0.3) is 0 Å². The van der Waals surface area contributed by atoms with Crippen molar-refractivity contribution in [3.63, 3.8) is 0 Å². The van der Waals surface area contributed by atoms with Crippen molar-refractivity contribution in [2.45, 2.75) is 46.1 Å². The standard InChI is InChI=1S/C13H28N2/c1-5-8-14(4)13-6-9-15(10-7-13)11-12(2)3/h12-13H,5-11H2,1-4H3. The molecule has 90 valence electrons. The number of piperidine rings is 1. The van der Waals surface area contributed by atoms with E-state index in [0.717, 1.165) is 12.0 Å². The molecule has 0 amide bonds. The number of hydrogen-bond acceptors (Lipinski definition) is 2. The van der Waals surface area contributed by atoms with Crippen molar-refractivity contribution >= 4 is 0 Å². The van der Waals surface area contributed by atoms with Crippen LogP contribution in [0, 0.1) is 5.92 Å². The fraction of sp³-hybridized carbons (Fsp3) is 1.00. The maximum Gasteiger partial charge on any atom is 0.0117 e. The molecule has 1 rings (SSSR count). The van der Waals surface area contributed by atoms with Crippen LogP contribution < -0.4 is 0 Å². The highest BCUT2D eigenvalue weighted by Crippen LogP contribution is 2.16. The Balaban J connectivity index is 2.23. The minimum absolute atomic E-state index is 0.815. The molecule has 0 bridgehead atoms. The molecular formula is C13H28N2. The molecule has 1 heterocycles. The lowest BCUT2D eigenvalue weighted by Crippen LogP contribution is -2.44. The molecule has 0 saturated carbocycles. The molecule has 0 aromatic rings. The van der Waals surface area contributed by atoms with E-state index in [1.807, 2.05) is 0 Å². The third-order valence-corrected chi connectivity index (χ3v) is 3.38. The number of hydrogen-bond donors (Lipinski definition) is 0. The Morgan fingerprint density at radius 1 is 1.27 bits per heavy atom. The summed E-state index contributed by atoms with van der Waals surface area (Å²) in [5, 5.41) is 0. The summed E-state index contributed by atoms with van der Waals surface area (Å²) in [5.74, 6) is 0.815. The second-order valence-electron chi connectivity index (χ2n) is 5.41. The molecule has 0 aromatic carbocycles. The van der Waals surface area contributed by atoms with Gasteiger partial charge >= 0.3 is 0 Å². The fourth-order valence-electron chi connectivity index (χ4n) is 2.59. The average molecular weight is 212 g/mol. The summed E-state index contributed by atoms with van der Waals surface area (Å²) in [7, 11) is 2.28. The lowest BCUT2D eigenvalue weighted by atomic mass is 10.0. The molecule has 15 heavy (non-hydrogen) atoms. The molecular weight excluding hydrogens is 184 g/mol. The molecule has 0 aromatic heterocycles. The molecule has 1 aliphatic heterocycles. The molecule has 0 radical (unpaired) electrons. The Hall–Kier alpha value is -0.0800. The average Bonchev–Trinajstić information content (AvgIpc) is 2.18. The largest absolute Gasteiger partial charge is 0.303 e. The minimum atomic E-state index is 0.815. The molecule has 0 unspecified atom stereocenters. The Kier molecular flexibility index (Phi) is 5.62. The van der Waals surface area contributed by atoms with Gasteiger partial charge in [-0.25, -0.2) is 0 Å². The predicted octanol–water partition coefficient (Wildman–Crippen LogP) is 2.45. The summed E-state index contributed by atoms with van der Waals surface area (Å²) in [4.78, 5) is 5.17. The summed E-state index contributed by atoms with van der Waals surface area (Å²) in [6.45, 7) is 12.0. The van der Waals surface area contributed by atoms with Gasteiger partial charge in [0, 0.05) is 12.6 Å². The first-order chi connectivity index (χ1) is 7.13. The van der Waals surface area contributed by atoms with Crippen molar-refractivity contribution in [3.8, 4) is 0 Å². The van der Waals surface area contributed by atoms with Crippen molar-refractivity contribution in [1.29, 1.82) is 0 Å². The normalized spacial score (nSPS) is 20.4. The van der Waals surface area contributed by atoms with Crippen molar-refractivity contribution in [3.05, 3.63) is 0 Å². The Labute approximate surface area is 95.6 Å². The van der Waals surface area contributed by atoms with E-state index in [0.29, 0.717) is 0 Å². The second kappa shape index (κ2) is 6.49. The summed E-state index contributed by atoms with van der Waals surface area (Å²) in [6.07, 6.45) is 4.01. The van der Waals surface area contributed by atoms with E-state index >= 15 is 0 Å². The maximum atomic E-state index is 2.63. The van der Waals surface area contributed by atoms with E-state index in [9.17, 15) is 0 Å². The van der Waals surface area contributed by atoms with Crippen LogP contribution in [0.3, 0.4) is 0 Å². The molecule has 0 N–H and O–H groups in total. The fourth-order valence-corrected chi connectivity index (χ4v) is 2.59. The van der Waals surface area contributed by atoms with Crippen molar-refractivity contribution in [2.24, 2.45) is 5.92 Å². The first kappa shape index (κ1) is 13.0. The van der Waals surface area contributed by atoms with Gasteiger partial charge in [-0.3, -0.25) is 0 Å². The van der Waals surface area contributed by atoms with E-state index < -0.39 is 0 Å². The van der Waals surface area contributed by atoms with Gasteiger partial charge in [-0.1, -0.05) is 20.8 Å². The summed E-state index contributed by atoms with van der Waals surface area (Å²) in [5.41, 5.74) is 0. The molecule has 2 heteroatoms. The topological polar surface area (TPSA) is 6.48 Å².